The molecule has 148 valence electrons. The van der Waals surface area contributed by atoms with Crippen molar-refractivity contribution in [3.8, 4) is 0 Å². The van der Waals surface area contributed by atoms with E-state index in [1.54, 1.807) is 11.8 Å². The van der Waals surface area contributed by atoms with Gasteiger partial charge in [0, 0.05) is 38.6 Å². The summed E-state index contributed by atoms with van der Waals surface area (Å²) in [5, 5.41) is 0. The Kier molecular flexibility index (Phi) is 7.87. The number of rotatable bonds is 5. The van der Waals surface area contributed by atoms with Gasteiger partial charge in [-0.2, -0.15) is 0 Å². The Morgan fingerprint density at radius 3 is 2.48 bits per heavy atom. The number of halogens is 1. The number of benzene rings is 1. The monoisotopic (exact) mass is 391 g/mol. The highest BCUT2D eigenvalue weighted by atomic mass is 35.5. The summed E-state index contributed by atoms with van der Waals surface area (Å²) in [6.45, 7) is 3.23. The van der Waals surface area contributed by atoms with Gasteiger partial charge >= 0.3 is 0 Å². The predicted octanol–water partition coefficient (Wildman–Crippen LogP) is 2.70. The molecule has 0 radical (unpaired) electrons. The van der Waals surface area contributed by atoms with Crippen molar-refractivity contribution >= 4 is 30.3 Å². The van der Waals surface area contributed by atoms with Crippen LogP contribution in [0, 0.1) is 5.92 Å². The normalized spacial score (nSPS) is 22.8. The molecule has 2 N–H and O–H groups in total. The molecule has 1 aromatic rings. The first-order valence-corrected chi connectivity index (χ1v) is 9.57. The first kappa shape index (κ1) is 21.5. The van der Waals surface area contributed by atoms with Crippen LogP contribution in [-0.2, 0) is 9.59 Å². The minimum Gasteiger partial charge on any atom is -0.341 e. The van der Waals surface area contributed by atoms with Crippen LogP contribution < -0.4 is 5.73 Å². The van der Waals surface area contributed by atoms with Crippen molar-refractivity contribution in [1.82, 2.24) is 9.80 Å². The second-order valence-electron chi connectivity index (χ2n) is 7.49. The average Bonchev–Trinajstić information content (AvgIpc) is 3.47. The summed E-state index contributed by atoms with van der Waals surface area (Å²) in [4.78, 5) is 28.7. The van der Waals surface area contributed by atoms with E-state index < -0.39 is 0 Å². The van der Waals surface area contributed by atoms with Gasteiger partial charge in [0.25, 0.3) is 0 Å². The Balaban J connectivity index is 0.00000261. The van der Waals surface area contributed by atoms with Gasteiger partial charge in [-0.3, -0.25) is 9.59 Å². The van der Waals surface area contributed by atoms with Crippen LogP contribution in [0.3, 0.4) is 0 Å². The first-order valence-electron chi connectivity index (χ1n) is 9.57. The van der Waals surface area contributed by atoms with Gasteiger partial charge in [0.15, 0.2) is 0 Å². The molecular formula is C21H30ClN3O2. The van der Waals surface area contributed by atoms with Gasteiger partial charge in [-0.05, 0) is 31.2 Å². The Morgan fingerprint density at radius 2 is 1.85 bits per heavy atom. The lowest BCUT2D eigenvalue weighted by Gasteiger charge is -2.28. The second-order valence-corrected chi connectivity index (χ2v) is 7.49. The van der Waals surface area contributed by atoms with Crippen LogP contribution in [0.25, 0.3) is 6.08 Å². The minimum atomic E-state index is -0.141. The summed E-state index contributed by atoms with van der Waals surface area (Å²) in [5.74, 6) is 0.0332. The molecule has 6 heteroatoms. The molecule has 1 saturated heterocycles. The Morgan fingerprint density at radius 1 is 1.15 bits per heavy atom. The molecule has 1 saturated carbocycles. The molecule has 1 aromatic carbocycles. The van der Waals surface area contributed by atoms with Crippen LogP contribution in [0.1, 0.15) is 38.2 Å². The molecule has 2 atom stereocenters. The third-order valence-electron chi connectivity index (χ3n) is 5.26. The van der Waals surface area contributed by atoms with E-state index in [1.807, 2.05) is 23.1 Å². The van der Waals surface area contributed by atoms with Gasteiger partial charge in [0.1, 0.15) is 0 Å². The molecule has 0 aromatic heterocycles. The Bertz CT molecular complexity index is 661. The molecule has 2 aliphatic rings. The topological polar surface area (TPSA) is 66.6 Å². The van der Waals surface area contributed by atoms with E-state index in [1.165, 1.54) is 0 Å². The fraction of sp³-hybridized carbons (Fsp3) is 0.524. The molecule has 0 unspecified atom stereocenters. The van der Waals surface area contributed by atoms with Crippen molar-refractivity contribution < 1.29 is 9.59 Å². The predicted molar refractivity (Wildman–Crippen MR) is 110 cm³/mol. The zero-order chi connectivity index (χ0) is 18.5. The van der Waals surface area contributed by atoms with Gasteiger partial charge in [-0.1, -0.05) is 42.5 Å². The maximum Gasteiger partial charge on any atom is 0.228 e. The lowest BCUT2D eigenvalue weighted by molar-refractivity contribution is -0.137. The van der Waals surface area contributed by atoms with E-state index in [9.17, 15) is 9.59 Å². The summed E-state index contributed by atoms with van der Waals surface area (Å²) in [6, 6.07) is 10.4. The number of amides is 2. The second kappa shape index (κ2) is 9.90. The minimum absolute atomic E-state index is 0. The number of hydrogen-bond acceptors (Lipinski definition) is 3. The van der Waals surface area contributed by atoms with Crippen LogP contribution in [0.2, 0.25) is 0 Å². The van der Waals surface area contributed by atoms with Gasteiger partial charge in [-0.25, -0.2) is 0 Å². The standard InChI is InChI=1S/C21H29N3O2.ClH/c1-16(25)23-14-18(9-10-19(22)15-23)21(26)24(20-11-12-20)13-5-8-17-6-3-2-4-7-17;/h2-8,18-20H,9-15,22H2,1H3;1H/b8-5+;/t18-,19+;/m1./s1. The molecule has 27 heavy (non-hydrogen) atoms. The van der Waals surface area contributed by atoms with Crippen molar-refractivity contribution in [2.24, 2.45) is 11.7 Å². The maximum absolute atomic E-state index is 13.2. The molecule has 1 aliphatic carbocycles. The zero-order valence-corrected chi connectivity index (χ0v) is 16.7. The summed E-state index contributed by atoms with van der Waals surface area (Å²) in [7, 11) is 0. The van der Waals surface area contributed by atoms with E-state index in [0.29, 0.717) is 25.7 Å². The number of carbonyl (C=O) groups is 2. The molecular weight excluding hydrogens is 362 g/mol. The van der Waals surface area contributed by atoms with Gasteiger partial charge < -0.3 is 15.5 Å². The van der Waals surface area contributed by atoms with Crippen molar-refractivity contribution in [3.05, 3.63) is 42.0 Å². The average molecular weight is 392 g/mol. The molecule has 0 bridgehead atoms. The number of likely N-dealkylation sites (tertiary alicyclic amines) is 1. The number of carbonyl (C=O) groups excluding carboxylic acids is 2. The highest BCUT2D eigenvalue weighted by molar-refractivity contribution is 5.85. The van der Waals surface area contributed by atoms with Crippen molar-refractivity contribution in [3.63, 3.8) is 0 Å². The van der Waals surface area contributed by atoms with Gasteiger partial charge in [0.2, 0.25) is 11.8 Å². The smallest absolute Gasteiger partial charge is 0.228 e. The van der Waals surface area contributed by atoms with Crippen LogP contribution in [0.4, 0.5) is 0 Å². The molecule has 3 rings (SSSR count). The van der Waals surface area contributed by atoms with Crippen LogP contribution in [0.5, 0.6) is 0 Å². The number of nitrogens with two attached hydrogens (primary N) is 1. The van der Waals surface area contributed by atoms with E-state index in [2.05, 4.69) is 24.3 Å². The fourth-order valence-corrected chi connectivity index (χ4v) is 3.59. The lowest BCUT2D eigenvalue weighted by atomic mass is 10.00. The lowest BCUT2D eigenvalue weighted by Crippen LogP contribution is -2.44. The van der Waals surface area contributed by atoms with Crippen molar-refractivity contribution in [2.75, 3.05) is 19.6 Å². The first-order chi connectivity index (χ1) is 12.5. The molecule has 2 amide bonds. The summed E-state index contributed by atoms with van der Waals surface area (Å²) >= 11 is 0. The summed E-state index contributed by atoms with van der Waals surface area (Å²) in [6.07, 6.45) is 7.83. The van der Waals surface area contributed by atoms with E-state index in [0.717, 1.165) is 31.2 Å². The molecule has 2 fully saturated rings. The van der Waals surface area contributed by atoms with E-state index in [4.69, 9.17) is 5.73 Å². The number of nitrogens with zero attached hydrogens (tertiary/aromatic N) is 2. The molecule has 5 nitrogen and oxygen atoms in total. The van der Waals surface area contributed by atoms with Crippen LogP contribution in [-0.4, -0.2) is 53.3 Å². The van der Waals surface area contributed by atoms with Crippen molar-refractivity contribution in [1.29, 1.82) is 0 Å². The zero-order valence-electron chi connectivity index (χ0n) is 15.9. The SMILES string of the molecule is CC(=O)N1C[C@@H](N)CC[C@@H](C(=O)N(C/C=C/c2ccccc2)C2CC2)C1.Cl. The maximum atomic E-state index is 13.2. The molecule has 0 spiro atoms. The third-order valence-corrected chi connectivity index (χ3v) is 5.26. The number of hydrogen-bond donors (Lipinski definition) is 1. The largest absolute Gasteiger partial charge is 0.341 e. The van der Waals surface area contributed by atoms with E-state index >= 15 is 0 Å². The Hall–Kier alpha value is -1.85. The highest BCUT2D eigenvalue weighted by Crippen LogP contribution is 2.30. The van der Waals surface area contributed by atoms with Gasteiger partial charge in [-0.15, -0.1) is 12.4 Å². The third kappa shape index (κ3) is 6.08. The van der Waals surface area contributed by atoms with Crippen molar-refractivity contribution in [2.45, 2.75) is 44.7 Å². The summed E-state index contributed by atoms with van der Waals surface area (Å²) < 4.78 is 0. The van der Waals surface area contributed by atoms with Crippen LogP contribution >= 0.6 is 12.4 Å². The van der Waals surface area contributed by atoms with E-state index in [-0.39, 0.29) is 36.2 Å². The van der Waals surface area contributed by atoms with Crippen LogP contribution in [0.15, 0.2) is 36.4 Å². The Labute approximate surface area is 168 Å². The molecule has 1 heterocycles. The highest BCUT2D eigenvalue weighted by Gasteiger charge is 2.37. The molecule has 1 aliphatic heterocycles. The van der Waals surface area contributed by atoms with Gasteiger partial charge in [0.05, 0.1) is 5.92 Å². The summed E-state index contributed by atoms with van der Waals surface area (Å²) in [5.41, 5.74) is 7.23. The fourth-order valence-electron chi connectivity index (χ4n) is 3.59. The quantitative estimate of drug-likeness (QED) is 0.839.